The minimum Gasteiger partial charge on any atom is -0.423 e. The second kappa shape index (κ2) is 6.03. The van der Waals surface area contributed by atoms with Gasteiger partial charge in [-0.05, 0) is 45.4 Å². The molecule has 0 heterocycles. The molecule has 110 valence electrons. The van der Waals surface area contributed by atoms with Gasteiger partial charge in [-0.15, -0.1) is 0 Å². The molecule has 0 amide bonds. The Balaban J connectivity index is 2.75. The topological polar surface area (TPSA) is 49.7 Å². The number of halogens is 2. The fourth-order valence-corrected chi connectivity index (χ4v) is 1.35. The first kappa shape index (κ1) is 16.8. The van der Waals surface area contributed by atoms with Crippen LogP contribution in [-0.4, -0.2) is 28.5 Å². The highest BCUT2D eigenvalue weighted by molar-refractivity contribution is 6.50. The molecular weight excluding hydrogens is 265 g/mol. The van der Waals surface area contributed by atoms with Gasteiger partial charge in [0.1, 0.15) is 11.6 Å². The Labute approximate surface area is 118 Å². The summed E-state index contributed by atoms with van der Waals surface area (Å²) in [6, 6.07) is 3.03. The SMILES string of the molecule is CC(C)(O)C(C)(C)OB(O)/C=C/c1cc(F)cc(F)c1. The zero-order chi connectivity index (χ0) is 15.6. The fourth-order valence-electron chi connectivity index (χ4n) is 1.35. The monoisotopic (exact) mass is 284 g/mol. The number of aliphatic hydroxyl groups is 1. The van der Waals surface area contributed by atoms with Gasteiger partial charge in [-0.25, -0.2) is 8.78 Å². The van der Waals surface area contributed by atoms with Gasteiger partial charge in [0.05, 0.1) is 11.2 Å². The molecule has 0 atom stereocenters. The molecule has 1 aromatic carbocycles. The highest BCUT2D eigenvalue weighted by Gasteiger charge is 2.38. The Morgan fingerprint density at radius 3 is 2.05 bits per heavy atom. The highest BCUT2D eigenvalue weighted by atomic mass is 19.1. The van der Waals surface area contributed by atoms with Crippen molar-refractivity contribution in [1.29, 1.82) is 0 Å². The van der Waals surface area contributed by atoms with E-state index in [2.05, 4.69) is 0 Å². The van der Waals surface area contributed by atoms with Crippen LogP contribution in [0.3, 0.4) is 0 Å². The number of benzene rings is 1. The normalized spacial score (nSPS) is 13.0. The van der Waals surface area contributed by atoms with E-state index in [1.54, 1.807) is 27.7 Å². The molecule has 1 aromatic rings. The molecule has 3 nitrogen and oxygen atoms in total. The van der Waals surface area contributed by atoms with Crippen LogP contribution in [0.15, 0.2) is 24.2 Å². The average Bonchev–Trinajstić information content (AvgIpc) is 2.22. The lowest BCUT2D eigenvalue weighted by Crippen LogP contribution is -2.50. The van der Waals surface area contributed by atoms with Crippen LogP contribution in [0.1, 0.15) is 33.3 Å². The van der Waals surface area contributed by atoms with Gasteiger partial charge in [0.15, 0.2) is 0 Å². The standard InChI is InChI=1S/C14H19BF2O3/c1-13(2,18)14(3,4)20-15(19)6-5-10-7-11(16)9-12(17)8-10/h5-9,18-19H,1-4H3/b6-5+. The summed E-state index contributed by atoms with van der Waals surface area (Å²) in [7, 11) is -1.30. The molecule has 0 aliphatic rings. The van der Waals surface area contributed by atoms with E-state index in [-0.39, 0.29) is 5.56 Å². The summed E-state index contributed by atoms with van der Waals surface area (Å²) in [5.74, 6) is -0.143. The van der Waals surface area contributed by atoms with Crippen LogP contribution in [0.5, 0.6) is 0 Å². The largest absolute Gasteiger partial charge is 0.483 e. The van der Waals surface area contributed by atoms with Crippen LogP contribution in [0.25, 0.3) is 6.08 Å². The maximum Gasteiger partial charge on any atom is 0.483 e. The summed E-state index contributed by atoms with van der Waals surface area (Å²) < 4.78 is 31.3. The molecule has 0 aliphatic carbocycles. The van der Waals surface area contributed by atoms with Crippen LogP contribution in [-0.2, 0) is 4.65 Å². The van der Waals surface area contributed by atoms with E-state index >= 15 is 0 Å². The second-order valence-corrected chi connectivity index (χ2v) is 5.64. The van der Waals surface area contributed by atoms with Crippen molar-refractivity contribution in [2.75, 3.05) is 0 Å². The van der Waals surface area contributed by atoms with Gasteiger partial charge in [0.25, 0.3) is 0 Å². The van der Waals surface area contributed by atoms with E-state index in [9.17, 15) is 18.9 Å². The van der Waals surface area contributed by atoms with Crippen molar-refractivity contribution in [3.63, 3.8) is 0 Å². The lowest BCUT2D eigenvalue weighted by atomic mass is 9.82. The molecule has 0 saturated carbocycles. The second-order valence-electron chi connectivity index (χ2n) is 5.64. The number of rotatable bonds is 5. The Morgan fingerprint density at radius 1 is 1.10 bits per heavy atom. The van der Waals surface area contributed by atoms with Crippen molar-refractivity contribution in [1.82, 2.24) is 0 Å². The van der Waals surface area contributed by atoms with E-state index in [1.807, 2.05) is 0 Å². The Hall–Kier alpha value is -1.24. The lowest BCUT2D eigenvalue weighted by Gasteiger charge is -2.38. The van der Waals surface area contributed by atoms with Crippen molar-refractivity contribution in [2.45, 2.75) is 38.9 Å². The summed E-state index contributed by atoms with van der Waals surface area (Å²) in [6.45, 7) is 6.38. The molecule has 1 rings (SSSR count). The van der Waals surface area contributed by atoms with Gasteiger partial charge in [-0.2, -0.15) is 0 Å². The van der Waals surface area contributed by atoms with Crippen LogP contribution in [0, 0.1) is 11.6 Å². The van der Waals surface area contributed by atoms with Crippen molar-refractivity contribution in [3.05, 3.63) is 41.4 Å². The summed E-state index contributed by atoms with van der Waals surface area (Å²) in [5, 5.41) is 19.6. The third kappa shape index (κ3) is 4.70. The maximum absolute atomic E-state index is 13.0. The van der Waals surface area contributed by atoms with Crippen molar-refractivity contribution in [2.24, 2.45) is 0 Å². The Kier molecular flexibility index (Phi) is 5.07. The Morgan fingerprint density at radius 2 is 1.60 bits per heavy atom. The molecule has 0 spiro atoms. The molecule has 0 fully saturated rings. The summed E-state index contributed by atoms with van der Waals surface area (Å²) in [5.41, 5.74) is -1.89. The molecule has 0 bridgehead atoms. The molecule has 6 heteroatoms. The summed E-state index contributed by atoms with van der Waals surface area (Å²) in [6.07, 6.45) is 1.34. The first-order valence-corrected chi connectivity index (χ1v) is 6.24. The quantitative estimate of drug-likeness (QED) is 0.817. The minimum absolute atomic E-state index is 0.270. The molecule has 0 saturated heterocycles. The van der Waals surface area contributed by atoms with Crippen LogP contribution in [0.2, 0.25) is 0 Å². The highest BCUT2D eigenvalue weighted by Crippen LogP contribution is 2.25. The van der Waals surface area contributed by atoms with E-state index in [1.165, 1.54) is 12.1 Å². The predicted molar refractivity (Wildman–Crippen MR) is 74.8 cm³/mol. The summed E-state index contributed by atoms with van der Waals surface area (Å²) >= 11 is 0. The molecule has 20 heavy (non-hydrogen) atoms. The van der Waals surface area contributed by atoms with Gasteiger partial charge in [-0.1, -0.05) is 12.1 Å². The van der Waals surface area contributed by atoms with Gasteiger partial charge >= 0.3 is 7.12 Å². The number of hydrogen-bond donors (Lipinski definition) is 2. The zero-order valence-corrected chi connectivity index (χ0v) is 12.0. The summed E-state index contributed by atoms with van der Waals surface area (Å²) in [4.78, 5) is 0. The van der Waals surface area contributed by atoms with E-state index in [4.69, 9.17) is 4.65 Å². The molecule has 0 aliphatic heterocycles. The van der Waals surface area contributed by atoms with Gasteiger partial charge in [0.2, 0.25) is 0 Å². The smallest absolute Gasteiger partial charge is 0.423 e. The third-order valence-electron chi connectivity index (χ3n) is 3.23. The van der Waals surface area contributed by atoms with Crippen LogP contribution < -0.4 is 0 Å². The Bertz CT molecular complexity index is 475. The van der Waals surface area contributed by atoms with Gasteiger partial charge in [-0.3, -0.25) is 0 Å². The molecule has 0 unspecified atom stereocenters. The van der Waals surface area contributed by atoms with Crippen molar-refractivity contribution < 1.29 is 23.6 Å². The molecule has 0 radical (unpaired) electrons. The average molecular weight is 284 g/mol. The molecular formula is C14H19BF2O3. The predicted octanol–water partition coefficient (Wildman–Crippen LogP) is 2.56. The third-order valence-corrected chi connectivity index (χ3v) is 3.23. The van der Waals surface area contributed by atoms with Gasteiger partial charge < -0.3 is 14.8 Å². The van der Waals surface area contributed by atoms with Crippen LogP contribution in [0.4, 0.5) is 8.78 Å². The molecule has 2 N–H and O–H groups in total. The zero-order valence-electron chi connectivity index (χ0n) is 12.0. The number of hydrogen-bond acceptors (Lipinski definition) is 3. The van der Waals surface area contributed by atoms with E-state index < -0.39 is 30.0 Å². The van der Waals surface area contributed by atoms with E-state index in [0.717, 1.165) is 18.2 Å². The fraction of sp³-hybridized carbons (Fsp3) is 0.429. The first-order chi connectivity index (χ1) is 9.01. The maximum atomic E-state index is 13.0. The molecule has 0 aromatic heterocycles. The van der Waals surface area contributed by atoms with Crippen LogP contribution >= 0.6 is 0 Å². The van der Waals surface area contributed by atoms with Crippen molar-refractivity contribution >= 4 is 13.2 Å². The van der Waals surface area contributed by atoms with Crippen molar-refractivity contribution in [3.8, 4) is 0 Å². The van der Waals surface area contributed by atoms with Gasteiger partial charge in [0, 0.05) is 6.07 Å². The van der Waals surface area contributed by atoms with E-state index in [0.29, 0.717) is 0 Å². The first-order valence-electron chi connectivity index (χ1n) is 6.24. The minimum atomic E-state index is -1.30. The lowest BCUT2D eigenvalue weighted by molar-refractivity contribution is -0.0984.